The van der Waals surface area contributed by atoms with Gasteiger partial charge in [0.25, 0.3) is 0 Å². The van der Waals surface area contributed by atoms with E-state index in [0.717, 1.165) is 11.6 Å². The van der Waals surface area contributed by atoms with E-state index in [-0.39, 0.29) is 5.56 Å². The number of aromatic nitrogens is 3. The molecular weight excluding hydrogens is 402 g/mol. The van der Waals surface area contributed by atoms with Gasteiger partial charge in [-0.25, -0.2) is 14.4 Å². The van der Waals surface area contributed by atoms with Crippen LogP contribution in [-0.4, -0.2) is 27.9 Å². The molecule has 2 heterocycles. The van der Waals surface area contributed by atoms with Crippen molar-refractivity contribution in [3.8, 4) is 16.9 Å². The van der Waals surface area contributed by atoms with E-state index in [1.807, 2.05) is 13.8 Å². The molecule has 0 bridgehead atoms. The van der Waals surface area contributed by atoms with Gasteiger partial charge in [0, 0.05) is 48.0 Å². The number of pyridine rings is 1. The first kappa shape index (κ1) is 21.6. The molecule has 158 valence electrons. The van der Waals surface area contributed by atoms with Crippen molar-refractivity contribution in [2.75, 3.05) is 6.61 Å². The molecule has 1 unspecified atom stereocenters. The number of benzene rings is 1. The molecule has 5 nitrogen and oxygen atoms in total. The largest absolute Gasteiger partial charge is 0.573 e. The Balaban J connectivity index is 1.95. The zero-order valence-electron chi connectivity index (χ0n) is 16.3. The molecule has 2 aromatic heterocycles. The molecule has 0 fully saturated rings. The molecule has 9 heteroatoms. The summed E-state index contributed by atoms with van der Waals surface area (Å²) in [5.74, 6) is -1.48. The number of ether oxygens (including phenoxy) is 2. The fourth-order valence-electron chi connectivity index (χ4n) is 3.27. The highest BCUT2D eigenvalue weighted by Crippen LogP contribution is 2.36. The minimum atomic E-state index is -4.89. The summed E-state index contributed by atoms with van der Waals surface area (Å²) in [7, 11) is 0. The second kappa shape index (κ2) is 8.74. The maximum Gasteiger partial charge on any atom is 0.573 e. The Morgan fingerprint density at radius 1 is 0.967 bits per heavy atom. The Kier molecular flexibility index (Phi) is 6.31. The number of alkyl halides is 3. The summed E-state index contributed by atoms with van der Waals surface area (Å²) in [6.45, 7) is 4.22. The van der Waals surface area contributed by atoms with Crippen LogP contribution in [0.1, 0.15) is 31.5 Å². The fourth-order valence-corrected chi connectivity index (χ4v) is 3.27. The molecule has 0 saturated carbocycles. The van der Waals surface area contributed by atoms with Crippen LogP contribution >= 0.6 is 0 Å². The van der Waals surface area contributed by atoms with Gasteiger partial charge in [-0.1, -0.05) is 13.0 Å². The van der Waals surface area contributed by atoms with E-state index < -0.39 is 23.5 Å². The van der Waals surface area contributed by atoms with Gasteiger partial charge < -0.3 is 9.47 Å². The van der Waals surface area contributed by atoms with Crippen molar-refractivity contribution in [1.29, 1.82) is 0 Å². The SMILES string of the molecule is CCOC(CC)(c1cncnc1)c1ccc(-c2ccc(OC(F)(F)F)cc2F)cn1. The van der Waals surface area contributed by atoms with Gasteiger partial charge in [0.15, 0.2) is 0 Å². The van der Waals surface area contributed by atoms with E-state index >= 15 is 0 Å². The second-order valence-electron chi connectivity index (χ2n) is 6.36. The number of halogens is 4. The van der Waals surface area contributed by atoms with Gasteiger partial charge in [-0.3, -0.25) is 4.98 Å². The Hall–Kier alpha value is -3.07. The monoisotopic (exact) mass is 421 g/mol. The summed E-state index contributed by atoms with van der Waals surface area (Å²) in [6, 6.07) is 6.29. The van der Waals surface area contributed by atoms with Gasteiger partial charge in [-0.15, -0.1) is 13.2 Å². The lowest BCUT2D eigenvalue weighted by Gasteiger charge is -2.32. The van der Waals surface area contributed by atoms with Crippen LogP contribution in [0.3, 0.4) is 0 Å². The first-order valence-electron chi connectivity index (χ1n) is 9.20. The van der Waals surface area contributed by atoms with Crippen molar-refractivity contribution in [3.05, 3.63) is 72.3 Å². The molecule has 0 aliphatic rings. The lowest BCUT2D eigenvalue weighted by atomic mass is 9.88. The van der Waals surface area contributed by atoms with Crippen LogP contribution in [0.15, 0.2) is 55.2 Å². The van der Waals surface area contributed by atoms with Gasteiger partial charge in [-0.05, 0) is 31.5 Å². The minimum Gasteiger partial charge on any atom is -0.406 e. The fraction of sp³-hybridized carbons (Fsp3) is 0.286. The van der Waals surface area contributed by atoms with Crippen molar-refractivity contribution >= 4 is 0 Å². The third-order valence-electron chi connectivity index (χ3n) is 4.58. The van der Waals surface area contributed by atoms with Crippen LogP contribution in [0.4, 0.5) is 17.6 Å². The second-order valence-corrected chi connectivity index (χ2v) is 6.36. The van der Waals surface area contributed by atoms with Crippen LogP contribution in [0.5, 0.6) is 5.75 Å². The molecule has 0 spiro atoms. The molecule has 1 atom stereocenters. The molecule has 0 radical (unpaired) electrons. The molecular formula is C21H19F4N3O2. The Morgan fingerprint density at radius 3 is 2.23 bits per heavy atom. The first-order chi connectivity index (χ1) is 14.3. The Bertz CT molecular complexity index is 982. The quantitative estimate of drug-likeness (QED) is 0.487. The molecule has 30 heavy (non-hydrogen) atoms. The predicted molar refractivity (Wildman–Crippen MR) is 101 cm³/mol. The smallest absolute Gasteiger partial charge is 0.406 e. The maximum absolute atomic E-state index is 14.4. The molecule has 0 saturated heterocycles. The summed E-state index contributed by atoms with van der Waals surface area (Å²) < 4.78 is 61.1. The molecule has 0 amide bonds. The van der Waals surface area contributed by atoms with Crippen molar-refractivity contribution in [3.63, 3.8) is 0 Å². The van der Waals surface area contributed by atoms with Crippen molar-refractivity contribution in [2.45, 2.75) is 32.2 Å². The molecule has 0 N–H and O–H groups in total. The van der Waals surface area contributed by atoms with E-state index in [4.69, 9.17) is 4.74 Å². The normalized spacial score (nSPS) is 13.7. The summed E-state index contributed by atoms with van der Waals surface area (Å²) in [6.07, 6.45) is 1.84. The summed E-state index contributed by atoms with van der Waals surface area (Å²) in [5, 5.41) is 0. The van der Waals surface area contributed by atoms with Crippen molar-refractivity contribution in [2.24, 2.45) is 0 Å². The number of nitrogens with zero attached hydrogens (tertiary/aromatic N) is 3. The van der Waals surface area contributed by atoms with Gasteiger partial charge in [0.2, 0.25) is 0 Å². The van der Waals surface area contributed by atoms with E-state index in [2.05, 4.69) is 19.7 Å². The van der Waals surface area contributed by atoms with Gasteiger partial charge in [0.05, 0.1) is 5.69 Å². The maximum atomic E-state index is 14.4. The van der Waals surface area contributed by atoms with Crippen LogP contribution in [0.2, 0.25) is 0 Å². The van der Waals surface area contributed by atoms with Gasteiger partial charge in [-0.2, -0.15) is 0 Å². The average molecular weight is 421 g/mol. The average Bonchev–Trinajstić information content (AvgIpc) is 2.72. The standard InChI is InChI=1S/C21H19F4N3O2/c1-3-20(29-4-2,15-11-26-13-27-12-15)19-8-5-14(10-28-19)17-7-6-16(9-18(17)22)30-21(23,24)25/h5-13H,3-4H2,1-2H3. The number of rotatable bonds is 7. The highest BCUT2D eigenvalue weighted by atomic mass is 19.4. The van der Waals surface area contributed by atoms with Crippen LogP contribution in [0.25, 0.3) is 11.1 Å². The molecule has 3 rings (SSSR count). The van der Waals surface area contributed by atoms with E-state index in [1.54, 1.807) is 24.5 Å². The third-order valence-corrected chi connectivity index (χ3v) is 4.58. The molecule has 0 aliphatic heterocycles. The molecule has 0 aliphatic carbocycles. The summed E-state index contributed by atoms with van der Waals surface area (Å²) >= 11 is 0. The predicted octanol–water partition coefficient (Wildman–Crippen LogP) is 5.27. The van der Waals surface area contributed by atoms with Crippen molar-refractivity contribution in [1.82, 2.24) is 15.0 Å². The number of hydrogen-bond donors (Lipinski definition) is 0. The van der Waals surface area contributed by atoms with E-state index in [1.165, 1.54) is 18.6 Å². The molecule has 3 aromatic rings. The van der Waals surface area contributed by atoms with Crippen LogP contribution in [-0.2, 0) is 10.3 Å². The molecule has 1 aromatic carbocycles. The van der Waals surface area contributed by atoms with Crippen LogP contribution < -0.4 is 4.74 Å². The van der Waals surface area contributed by atoms with E-state index in [0.29, 0.717) is 30.4 Å². The van der Waals surface area contributed by atoms with Gasteiger partial charge >= 0.3 is 6.36 Å². The lowest BCUT2D eigenvalue weighted by molar-refractivity contribution is -0.274. The summed E-state index contributed by atoms with van der Waals surface area (Å²) in [4.78, 5) is 12.6. The Labute approximate surface area is 170 Å². The highest BCUT2D eigenvalue weighted by molar-refractivity contribution is 5.64. The minimum absolute atomic E-state index is 0.102. The number of hydrogen-bond acceptors (Lipinski definition) is 5. The van der Waals surface area contributed by atoms with Crippen LogP contribution in [0, 0.1) is 5.82 Å². The zero-order chi connectivity index (χ0) is 21.8. The topological polar surface area (TPSA) is 57.1 Å². The zero-order valence-corrected chi connectivity index (χ0v) is 16.3. The first-order valence-corrected chi connectivity index (χ1v) is 9.20. The van der Waals surface area contributed by atoms with E-state index in [9.17, 15) is 17.6 Å². The highest BCUT2D eigenvalue weighted by Gasteiger charge is 2.35. The van der Waals surface area contributed by atoms with Crippen molar-refractivity contribution < 1.29 is 27.0 Å². The third kappa shape index (κ3) is 4.56. The van der Waals surface area contributed by atoms with Gasteiger partial charge in [0.1, 0.15) is 23.5 Å². The Morgan fingerprint density at radius 2 is 1.70 bits per heavy atom. The summed E-state index contributed by atoms with van der Waals surface area (Å²) in [5.41, 5.74) is 0.945. The lowest BCUT2D eigenvalue weighted by Crippen LogP contribution is -2.32.